The Morgan fingerprint density at radius 1 is 0.897 bits per heavy atom. The molecule has 1 heterocycles. The van der Waals surface area contributed by atoms with Crippen LogP contribution in [0.2, 0.25) is 8.87 Å². The molecular formula is C22H28N2O4Sn. The van der Waals surface area contributed by atoms with Crippen LogP contribution in [-0.2, 0) is 3.07 Å². The molecule has 0 spiro atoms. The van der Waals surface area contributed by atoms with Crippen LogP contribution in [0.3, 0.4) is 0 Å². The van der Waals surface area contributed by atoms with Crippen molar-refractivity contribution in [3.8, 4) is 5.75 Å². The van der Waals surface area contributed by atoms with Crippen molar-refractivity contribution >= 4 is 42.6 Å². The number of urea groups is 1. The molecule has 2 aromatic carbocycles. The van der Waals surface area contributed by atoms with Gasteiger partial charge in [0.1, 0.15) is 0 Å². The van der Waals surface area contributed by atoms with E-state index in [1.165, 1.54) is 0 Å². The van der Waals surface area contributed by atoms with Gasteiger partial charge >= 0.3 is 177 Å². The summed E-state index contributed by atoms with van der Waals surface area (Å²) in [7, 11) is 0. The zero-order valence-electron chi connectivity index (χ0n) is 17.0. The maximum absolute atomic E-state index is 12.7. The first-order valence-electron chi connectivity index (χ1n) is 10.2. The number of benzene rings is 2. The number of carbonyl (C=O) groups is 2. The summed E-state index contributed by atoms with van der Waals surface area (Å²) in [6.45, 7) is 4.26. The van der Waals surface area contributed by atoms with Crippen LogP contribution in [0.4, 0.5) is 16.2 Å². The Bertz CT molecular complexity index is 849. The summed E-state index contributed by atoms with van der Waals surface area (Å²) in [6, 6.07) is 14.0. The van der Waals surface area contributed by atoms with E-state index in [1.54, 1.807) is 18.2 Å². The monoisotopic (exact) mass is 504 g/mol. The molecule has 0 saturated heterocycles. The topological polar surface area (TPSA) is 76.7 Å². The molecule has 0 aromatic heterocycles. The summed E-state index contributed by atoms with van der Waals surface area (Å²) in [6.07, 6.45) is 4.08. The molecule has 0 aliphatic carbocycles. The number of unbranched alkanes of at least 4 members (excludes halogenated alkanes) is 2. The van der Waals surface area contributed by atoms with Crippen molar-refractivity contribution in [2.24, 2.45) is 0 Å². The van der Waals surface area contributed by atoms with Gasteiger partial charge in [0.05, 0.1) is 0 Å². The normalized spacial score (nSPS) is 14.3. The summed E-state index contributed by atoms with van der Waals surface area (Å²) in [4.78, 5) is 24.9. The minimum absolute atomic E-state index is 0.283. The summed E-state index contributed by atoms with van der Waals surface area (Å²) in [5.41, 5.74) is 1.72. The second-order valence-corrected chi connectivity index (χ2v) is 16.5. The third-order valence-electron chi connectivity index (χ3n) is 4.89. The first-order chi connectivity index (χ1) is 14.0. The molecule has 2 N–H and O–H groups in total. The van der Waals surface area contributed by atoms with E-state index in [-0.39, 0.29) is 12.0 Å². The molecule has 0 atom stereocenters. The number of rotatable bonds is 8. The Balaban J connectivity index is 1.76. The molecule has 2 amide bonds. The molecule has 2 aromatic rings. The molecule has 6 nitrogen and oxygen atoms in total. The molecule has 0 saturated carbocycles. The minimum atomic E-state index is -3.52. The number of nitrogens with one attached hydrogen (secondary N) is 2. The van der Waals surface area contributed by atoms with Crippen LogP contribution in [-0.4, -0.2) is 31.2 Å². The zero-order valence-corrected chi connectivity index (χ0v) is 19.8. The molecule has 7 heteroatoms. The second-order valence-electron chi connectivity index (χ2n) is 7.27. The number of hydrogen-bond donors (Lipinski definition) is 2. The molecule has 0 unspecified atom stereocenters. The molecule has 1 aliphatic rings. The Morgan fingerprint density at radius 2 is 1.55 bits per heavy atom. The first kappa shape index (κ1) is 21.5. The molecule has 0 radical (unpaired) electrons. The quantitative estimate of drug-likeness (QED) is 0.439. The fourth-order valence-electron chi connectivity index (χ4n) is 3.33. The van der Waals surface area contributed by atoms with Gasteiger partial charge in [-0.1, -0.05) is 0 Å². The van der Waals surface area contributed by atoms with Crippen molar-refractivity contribution < 1.29 is 15.7 Å². The Kier molecular flexibility index (Phi) is 7.41. The first-order valence-corrected chi connectivity index (χ1v) is 16.6. The van der Waals surface area contributed by atoms with Crippen molar-refractivity contribution in [3.63, 3.8) is 0 Å². The molecule has 1 aliphatic heterocycles. The van der Waals surface area contributed by atoms with E-state index in [9.17, 15) is 9.59 Å². The molecule has 0 bridgehead atoms. The van der Waals surface area contributed by atoms with Crippen molar-refractivity contribution in [1.29, 1.82) is 0 Å². The van der Waals surface area contributed by atoms with E-state index in [0.717, 1.165) is 34.6 Å². The number of fused-ring (bicyclic) bond motifs is 1. The summed E-state index contributed by atoms with van der Waals surface area (Å²) >= 11 is -3.52. The van der Waals surface area contributed by atoms with Gasteiger partial charge in [-0.15, -0.1) is 0 Å². The van der Waals surface area contributed by atoms with Gasteiger partial charge in [0.15, 0.2) is 0 Å². The van der Waals surface area contributed by atoms with Crippen molar-refractivity contribution in [3.05, 3.63) is 54.1 Å². The van der Waals surface area contributed by atoms with E-state index in [1.807, 2.05) is 30.3 Å². The number of para-hydroxylation sites is 1. The van der Waals surface area contributed by atoms with Crippen LogP contribution in [0.1, 0.15) is 49.9 Å². The van der Waals surface area contributed by atoms with E-state index < -0.39 is 19.2 Å². The van der Waals surface area contributed by atoms with Crippen LogP contribution < -0.4 is 13.7 Å². The van der Waals surface area contributed by atoms with E-state index in [0.29, 0.717) is 22.7 Å². The molecular weight excluding hydrogens is 475 g/mol. The molecule has 3 rings (SSSR count). The third kappa shape index (κ3) is 5.65. The van der Waals surface area contributed by atoms with Crippen LogP contribution in [0.25, 0.3) is 0 Å². The molecule has 0 fully saturated rings. The predicted molar refractivity (Wildman–Crippen MR) is 117 cm³/mol. The Hall–Kier alpha value is -2.22. The number of carbonyl (C=O) groups excluding carboxylic acids is 2. The number of anilines is 2. The maximum atomic E-state index is 12.7. The average molecular weight is 503 g/mol. The third-order valence-corrected chi connectivity index (χ3v) is 14.5. The van der Waals surface area contributed by atoms with Crippen LogP contribution >= 0.6 is 0 Å². The average Bonchev–Trinajstić information content (AvgIpc) is 2.71. The van der Waals surface area contributed by atoms with Gasteiger partial charge in [0.2, 0.25) is 0 Å². The fraction of sp³-hybridized carbons (Fsp3) is 0.364. The van der Waals surface area contributed by atoms with Gasteiger partial charge < -0.3 is 0 Å². The van der Waals surface area contributed by atoms with Crippen LogP contribution in [0.5, 0.6) is 5.75 Å². The Morgan fingerprint density at radius 3 is 2.21 bits per heavy atom. The zero-order chi connectivity index (χ0) is 20.7. The van der Waals surface area contributed by atoms with Crippen molar-refractivity contribution in [2.75, 3.05) is 10.6 Å². The number of amides is 2. The summed E-state index contributed by atoms with van der Waals surface area (Å²) in [5.74, 6) is 0.260. The van der Waals surface area contributed by atoms with E-state index >= 15 is 0 Å². The standard InChI is InChI=1S/C14H12N2O4.2C4H9.Sn/c17-12-8-10(6-7-11(12)13(18)19)16-14(20)15-9-4-2-1-3-5-9;2*1-3-4-2;/h1-8,17H,(H,18,19)(H2,15,16,20);2*1,3-4H2,2H3;/q;;;+2/p-2. The summed E-state index contributed by atoms with van der Waals surface area (Å²) in [5, 5.41) is 5.59. The van der Waals surface area contributed by atoms with E-state index in [2.05, 4.69) is 24.5 Å². The van der Waals surface area contributed by atoms with Gasteiger partial charge in [0, 0.05) is 0 Å². The van der Waals surface area contributed by atoms with Crippen LogP contribution in [0, 0.1) is 0 Å². The fourth-order valence-corrected chi connectivity index (χ4v) is 13.3. The van der Waals surface area contributed by atoms with Gasteiger partial charge in [-0.3, -0.25) is 0 Å². The molecule has 154 valence electrons. The van der Waals surface area contributed by atoms with Crippen molar-refractivity contribution in [2.45, 2.75) is 48.4 Å². The van der Waals surface area contributed by atoms with Gasteiger partial charge in [-0.05, 0) is 0 Å². The van der Waals surface area contributed by atoms with Gasteiger partial charge in [-0.25, -0.2) is 0 Å². The van der Waals surface area contributed by atoms with Crippen molar-refractivity contribution in [1.82, 2.24) is 0 Å². The van der Waals surface area contributed by atoms with Gasteiger partial charge in [0.25, 0.3) is 0 Å². The van der Waals surface area contributed by atoms with E-state index in [4.69, 9.17) is 6.15 Å². The van der Waals surface area contributed by atoms with Crippen LogP contribution in [0.15, 0.2) is 48.5 Å². The number of hydrogen-bond acceptors (Lipinski definition) is 4. The Labute approximate surface area is 176 Å². The second kappa shape index (κ2) is 10.0. The molecule has 29 heavy (non-hydrogen) atoms. The SMILES string of the molecule is CCC[CH2][Sn]1([CH2]CCC)[O]C(=O)c2ccc(NC(=O)Nc3ccccc3)cc2[O]1. The van der Waals surface area contributed by atoms with Gasteiger partial charge in [-0.2, -0.15) is 0 Å². The predicted octanol–water partition coefficient (Wildman–Crippen LogP) is 5.92. The summed E-state index contributed by atoms with van der Waals surface area (Å²) < 4.78 is 14.1.